The molecular weight excluding hydrogens is 160 g/mol. The van der Waals surface area contributed by atoms with Crippen molar-refractivity contribution in [3.8, 4) is 0 Å². The fraction of sp³-hybridized carbons (Fsp3) is 1.00. The van der Waals surface area contributed by atoms with Gasteiger partial charge in [-0.25, -0.2) is 0 Å². The van der Waals surface area contributed by atoms with E-state index in [1.54, 1.807) is 0 Å². The Morgan fingerprint density at radius 2 is 1.77 bits per heavy atom. The lowest BCUT2D eigenvalue weighted by Gasteiger charge is -2.29. The third-order valence-electron chi connectivity index (χ3n) is 2.76. The molecule has 0 bridgehead atoms. The lowest BCUT2D eigenvalue weighted by molar-refractivity contribution is 0.200. The fourth-order valence-electron chi connectivity index (χ4n) is 2.03. The molecule has 1 fully saturated rings. The minimum Gasteiger partial charge on any atom is -0.310 e. The van der Waals surface area contributed by atoms with Crippen LogP contribution >= 0.6 is 0 Å². The molecule has 1 N–H and O–H groups in total. The van der Waals surface area contributed by atoms with E-state index in [-0.39, 0.29) is 5.54 Å². The predicted molar refractivity (Wildman–Crippen MR) is 58.0 cm³/mol. The molecule has 78 valence electrons. The monoisotopic (exact) mass is 184 g/mol. The number of hydrogen-bond donors (Lipinski definition) is 1. The van der Waals surface area contributed by atoms with Crippen LogP contribution in [0.1, 0.15) is 34.6 Å². The van der Waals surface area contributed by atoms with E-state index in [4.69, 9.17) is 0 Å². The van der Waals surface area contributed by atoms with Gasteiger partial charge in [-0.3, -0.25) is 0 Å². The number of likely N-dealkylation sites (N-methyl/N-ethyl adjacent to an activating group) is 1. The summed E-state index contributed by atoms with van der Waals surface area (Å²) < 4.78 is 0. The number of hydrogen-bond acceptors (Lipinski definition) is 2. The summed E-state index contributed by atoms with van der Waals surface area (Å²) in [6.45, 7) is 16.2. The Labute approximate surface area is 82.7 Å². The molecule has 1 rings (SSSR count). The number of nitrogens with zero attached hydrogens (tertiary/aromatic N) is 1. The van der Waals surface area contributed by atoms with Crippen LogP contribution in [0.2, 0.25) is 0 Å². The van der Waals surface area contributed by atoms with Gasteiger partial charge in [0.15, 0.2) is 0 Å². The summed E-state index contributed by atoms with van der Waals surface area (Å²) in [5, 5.41) is 3.63. The molecule has 1 heterocycles. The maximum absolute atomic E-state index is 3.63. The number of rotatable bonds is 1. The van der Waals surface area contributed by atoms with E-state index in [9.17, 15) is 0 Å². The Kier molecular flexibility index (Phi) is 3.03. The van der Waals surface area contributed by atoms with Gasteiger partial charge in [0, 0.05) is 25.2 Å². The van der Waals surface area contributed by atoms with E-state index in [1.165, 1.54) is 6.54 Å². The van der Waals surface area contributed by atoms with Crippen LogP contribution in [-0.4, -0.2) is 36.6 Å². The van der Waals surface area contributed by atoms with Crippen LogP contribution in [0.3, 0.4) is 0 Å². The zero-order chi connectivity index (χ0) is 10.1. The molecular formula is C11H24N2. The third-order valence-corrected chi connectivity index (χ3v) is 2.76. The Hall–Kier alpha value is -0.0800. The second kappa shape index (κ2) is 3.58. The van der Waals surface area contributed by atoms with Gasteiger partial charge in [0.1, 0.15) is 0 Å². The molecule has 0 aromatic heterocycles. The highest BCUT2D eigenvalue weighted by molar-refractivity contribution is 4.90. The second-order valence-corrected chi connectivity index (χ2v) is 5.70. The van der Waals surface area contributed by atoms with E-state index in [2.05, 4.69) is 44.8 Å². The van der Waals surface area contributed by atoms with Gasteiger partial charge in [-0.15, -0.1) is 0 Å². The summed E-state index contributed by atoms with van der Waals surface area (Å²) in [4.78, 5) is 2.54. The summed E-state index contributed by atoms with van der Waals surface area (Å²) in [7, 11) is 0. The first kappa shape index (κ1) is 11.0. The Bertz CT molecular complexity index is 155. The first-order chi connectivity index (χ1) is 5.85. The summed E-state index contributed by atoms with van der Waals surface area (Å²) in [5.41, 5.74) is 0.674. The highest BCUT2D eigenvalue weighted by atomic mass is 15.2. The third kappa shape index (κ3) is 3.28. The molecule has 0 spiro atoms. The SMILES string of the molecule is CCN1CC(C)(C)CNC(C)(C)C1. The molecule has 0 aliphatic carbocycles. The van der Waals surface area contributed by atoms with Gasteiger partial charge in [-0.05, 0) is 25.8 Å². The molecule has 2 heteroatoms. The Morgan fingerprint density at radius 1 is 1.15 bits per heavy atom. The van der Waals surface area contributed by atoms with E-state index < -0.39 is 0 Å². The molecule has 1 aliphatic rings. The lowest BCUT2D eigenvalue weighted by Crippen LogP contribution is -2.46. The van der Waals surface area contributed by atoms with Crippen molar-refractivity contribution < 1.29 is 0 Å². The maximum atomic E-state index is 3.63. The minimum atomic E-state index is 0.268. The van der Waals surface area contributed by atoms with Crippen LogP contribution in [0.25, 0.3) is 0 Å². The van der Waals surface area contributed by atoms with Crippen molar-refractivity contribution in [1.82, 2.24) is 10.2 Å². The second-order valence-electron chi connectivity index (χ2n) is 5.70. The summed E-state index contributed by atoms with van der Waals surface area (Å²) in [6.07, 6.45) is 0. The molecule has 0 unspecified atom stereocenters. The van der Waals surface area contributed by atoms with Crippen molar-refractivity contribution >= 4 is 0 Å². The minimum absolute atomic E-state index is 0.268. The van der Waals surface area contributed by atoms with Crippen molar-refractivity contribution in [2.24, 2.45) is 5.41 Å². The summed E-state index contributed by atoms with van der Waals surface area (Å²) >= 11 is 0. The van der Waals surface area contributed by atoms with E-state index in [0.717, 1.165) is 19.6 Å². The van der Waals surface area contributed by atoms with Gasteiger partial charge < -0.3 is 10.2 Å². The van der Waals surface area contributed by atoms with Crippen molar-refractivity contribution in [3.63, 3.8) is 0 Å². The smallest absolute Gasteiger partial charge is 0.0252 e. The molecule has 0 amide bonds. The van der Waals surface area contributed by atoms with Crippen molar-refractivity contribution in [2.45, 2.75) is 40.2 Å². The first-order valence-corrected chi connectivity index (χ1v) is 5.32. The van der Waals surface area contributed by atoms with E-state index in [1.807, 2.05) is 0 Å². The highest BCUT2D eigenvalue weighted by Crippen LogP contribution is 2.22. The van der Waals surface area contributed by atoms with Crippen molar-refractivity contribution in [2.75, 3.05) is 26.2 Å². The molecule has 0 aromatic rings. The van der Waals surface area contributed by atoms with Gasteiger partial charge in [0.25, 0.3) is 0 Å². The average molecular weight is 184 g/mol. The quantitative estimate of drug-likeness (QED) is 0.667. The van der Waals surface area contributed by atoms with Crippen LogP contribution in [0.15, 0.2) is 0 Å². The van der Waals surface area contributed by atoms with Crippen LogP contribution in [0, 0.1) is 5.41 Å². The molecule has 1 saturated heterocycles. The van der Waals surface area contributed by atoms with Crippen LogP contribution in [0.4, 0.5) is 0 Å². The van der Waals surface area contributed by atoms with Gasteiger partial charge in [0.2, 0.25) is 0 Å². The lowest BCUT2D eigenvalue weighted by atomic mass is 9.93. The average Bonchev–Trinajstić information content (AvgIpc) is 2.08. The normalized spacial score (nSPS) is 28.4. The summed E-state index contributed by atoms with van der Waals surface area (Å²) in [6, 6.07) is 0. The zero-order valence-electron chi connectivity index (χ0n) is 9.78. The standard InChI is InChI=1S/C11H24N2/c1-6-13-8-10(2,3)7-12-11(4,5)9-13/h12H,6-9H2,1-5H3. The molecule has 1 aliphatic heterocycles. The van der Waals surface area contributed by atoms with Crippen molar-refractivity contribution in [1.29, 1.82) is 0 Å². The molecule has 0 radical (unpaired) electrons. The largest absolute Gasteiger partial charge is 0.310 e. The Morgan fingerprint density at radius 3 is 2.31 bits per heavy atom. The fourth-order valence-corrected chi connectivity index (χ4v) is 2.03. The molecule has 2 nitrogen and oxygen atoms in total. The van der Waals surface area contributed by atoms with E-state index >= 15 is 0 Å². The molecule has 0 aromatic carbocycles. The van der Waals surface area contributed by atoms with Gasteiger partial charge in [0.05, 0.1) is 0 Å². The molecule has 13 heavy (non-hydrogen) atoms. The van der Waals surface area contributed by atoms with Gasteiger partial charge in [-0.2, -0.15) is 0 Å². The first-order valence-electron chi connectivity index (χ1n) is 5.32. The Balaban J connectivity index is 2.69. The van der Waals surface area contributed by atoms with Crippen LogP contribution in [0.5, 0.6) is 0 Å². The predicted octanol–water partition coefficient (Wildman–Crippen LogP) is 1.72. The zero-order valence-corrected chi connectivity index (χ0v) is 9.78. The molecule has 0 saturated carbocycles. The van der Waals surface area contributed by atoms with Gasteiger partial charge >= 0.3 is 0 Å². The van der Waals surface area contributed by atoms with Crippen LogP contribution < -0.4 is 5.32 Å². The molecule has 0 atom stereocenters. The van der Waals surface area contributed by atoms with E-state index in [0.29, 0.717) is 5.41 Å². The topological polar surface area (TPSA) is 15.3 Å². The maximum Gasteiger partial charge on any atom is 0.0252 e. The highest BCUT2D eigenvalue weighted by Gasteiger charge is 2.31. The van der Waals surface area contributed by atoms with Crippen molar-refractivity contribution in [3.05, 3.63) is 0 Å². The summed E-state index contributed by atoms with van der Waals surface area (Å²) in [5.74, 6) is 0. The van der Waals surface area contributed by atoms with Crippen LogP contribution in [-0.2, 0) is 0 Å². The van der Waals surface area contributed by atoms with Gasteiger partial charge in [-0.1, -0.05) is 20.8 Å². The number of nitrogens with one attached hydrogen (secondary N) is 1.